The van der Waals surface area contributed by atoms with E-state index in [0.29, 0.717) is 17.8 Å². The molecule has 4 amide bonds. The summed E-state index contributed by atoms with van der Waals surface area (Å²) >= 11 is 0. The second kappa shape index (κ2) is 7.64. The van der Waals surface area contributed by atoms with Crippen LogP contribution in [-0.2, 0) is 11.2 Å². The molecule has 32 heavy (non-hydrogen) atoms. The predicted molar refractivity (Wildman–Crippen MR) is 123 cm³/mol. The summed E-state index contributed by atoms with van der Waals surface area (Å²) in [4.78, 5) is 42.1. The quantitative estimate of drug-likeness (QED) is 0.636. The van der Waals surface area contributed by atoms with E-state index in [4.69, 9.17) is 0 Å². The number of carbonyl (C=O) groups excluding carboxylic acids is 3. The largest absolute Gasteiger partial charge is 0.329 e. The van der Waals surface area contributed by atoms with Gasteiger partial charge in [0.25, 0.3) is 11.8 Å². The minimum absolute atomic E-state index is 0.144. The molecule has 0 aliphatic carbocycles. The highest BCUT2D eigenvalue weighted by molar-refractivity contribution is 6.22. The van der Waals surface area contributed by atoms with Gasteiger partial charge in [0.2, 0.25) is 0 Å². The van der Waals surface area contributed by atoms with Crippen LogP contribution >= 0.6 is 0 Å². The van der Waals surface area contributed by atoms with Crippen LogP contribution in [0.5, 0.6) is 0 Å². The predicted octanol–water partition coefficient (Wildman–Crippen LogP) is 4.30. The summed E-state index contributed by atoms with van der Waals surface area (Å²) in [5.41, 5.74) is 5.70. The summed E-state index contributed by atoms with van der Waals surface area (Å²) in [6.07, 6.45) is 0.812. The molecule has 3 aromatic carbocycles. The van der Waals surface area contributed by atoms with Gasteiger partial charge < -0.3 is 10.2 Å². The van der Waals surface area contributed by atoms with Crippen LogP contribution in [0.3, 0.4) is 0 Å². The molecule has 0 bridgehead atoms. The van der Waals surface area contributed by atoms with Gasteiger partial charge in [-0.05, 0) is 66.8 Å². The average molecular weight is 425 g/mol. The van der Waals surface area contributed by atoms with Crippen LogP contribution < -0.4 is 15.1 Å². The van der Waals surface area contributed by atoms with E-state index in [2.05, 4.69) is 5.32 Å². The van der Waals surface area contributed by atoms with Gasteiger partial charge in [-0.3, -0.25) is 9.59 Å². The van der Waals surface area contributed by atoms with Crippen LogP contribution in [-0.4, -0.2) is 24.4 Å². The monoisotopic (exact) mass is 425 g/mol. The molecule has 0 aromatic heterocycles. The summed E-state index contributed by atoms with van der Waals surface area (Å²) in [6, 6.07) is 19.1. The number of benzene rings is 3. The molecule has 1 N–H and O–H groups in total. The van der Waals surface area contributed by atoms with E-state index < -0.39 is 12.1 Å². The lowest BCUT2D eigenvalue weighted by atomic mass is 9.97. The third kappa shape index (κ3) is 3.15. The zero-order valence-electron chi connectivity index (χ0n) is 18.0. The van der Waals surface area contributed by atoms with Crippen molar-refractivity contribution in [3.8, 4) is 0 Å². The van der Waals surface area contributed by atoms with E-state index in [9.17, 15) is 14.4 Å². The Labute approximate surface area is 186 Å². The Hall–Kier alpha value is -3.93. The number of nitrogens with one attached hydrogen (secondary N) is 1. The summed E-state index contributed by atoms with van der Waals surface area (Å²) in [6.45, 7) is 4.53. The number of hydrogen-bond donors (Lipinski definition) is 1. The van der Waals surface area contributed by atoms with Gasteiger partial charge in [-0.2, -0.15) is 0 Å². The first-order chi connectivity index (χ1) is 15.5. The van der Waals surface area contributed by atoms with Crippen LogP contribution in [0, 0.1) is 13.8 Å². The molecule has 1 saturated heterocycles. The highest BCUT2D eigenvalue weighted by atomic mass is 16.2. The van der Waals surface area contributed by atoms with Gasteiger partial charge in [-0.25, -0.2) is 9.69 Å². The molecule has 1 fully saturated rings. The van der Waals surface area contributed by atoms with Gasteiger partial charge in [-0.15, -0.1) is 0 Å². The normalized spacial score (nSPS) is 17.5. The molecule has 2 aliphatic rings. The van der Waals surface area contributed by atoms with Gasteiger partial charge in [0, 0.05) is 17.8 Å². The number of carbonyl (C=O) groups is 3. The van der Waals surface area contributed by atoms with E-state index in [1.54, 1.807) is 29.2 Å². The maximum Gasteiger partial charge on any atom is 0.329 e. The number of anilines is 2. The number of imide groups is 1. The van der Waals surface area contributed by atoms with Crippen molar-refractivity contribution in [2.75, 3.05) is 16.3 Å². The Morgan fingerprint density at radius 1 is 0.969 bits per heavy atom. The third-order valence-corrected chi connectivity index (χ3v) is 6.38. The number of aryl methyl sites for hydroxylation is 1. The molecule has 160 valence electrons. The van der Waals surface area contributed by atoms with Crippen LogP contribution in [0.25, 0.3) is 0 Å². The highest BCUT2D eigenvalue weighted by Crippen LogP contribution is 2.32. The lowest BCUT2D eigenvalue weighted by Crippen LogP contribution is -2.32. The average Bonchev–Trinajstić information content (AvgIpc) is 3.36. The van der Waals surface area contributed by atoms with Crippen molar-refractivity contribution >= 4 is 29.2 Å². The second-order valence-electron chi connectivity index (χ2n) is 8.23. The first-order valence-electron chi connectivity index (χ1n) is 10.7. The standard InChI is InChI=1S/C26H23N3O3/c1-16-7-5-11-21(17(16)2)23-25(31)29(26(32)27-23)20-10-6-9-19(15-20)24(30)28-14-13-18-8-3-4-12-22(18)28/h3-12,15,23H,13-14H2,1-2H3,(H,27,32). The summed E-state index contributed by atoms with van der Waals surface area (Å²) in [5.74, 6) is -0.491. The number of fused-ring (bicyclic) bond motifs is 1. The van der Waals surface area contributed by atoms with Crippen LogP contribution in [0.2, 0.25) is 0 Å². The maximum absolute atomic E-state index is 13.2. The number of para-hydroxylation sites is 1. The van der Waals surface area contributed by atoms with E-state index >= 15 is 0 Å². The Bertz CT molecular complexity index is 1270. The van der Waals surface area contributed by atoms with Gasteiger partial charge >= 0.3 is 6.03 Å². The first kappa shape index (κ1) is 20.0. The zero-order chi connectivity index (χ0) is 22.4. The van der Waals surface area contributed by atoms with Crippen LogP contribution in [0.4, 0.5) is 16.2 Å². The number of amides is 4. The van der Waals surface area contributed by atoms with Crippen molar-refractivity contribution in [3.05, 3.63) is 94.5 Å². The molecular formula is C26H23N3O3. The lowest BCUT2D eigenvalue weighted by Gasteiger charge is -2.19. The minimum Gasteiger partial charge on any atom is -0.321 e. The minimum atomic E-state index is -0.743. The van der Waals surface area contributed by atoms with E-state index in [-0.39, 0.29) is 11.8 Å². The Balaban J connectivity index is 1.45. The Morgan fingerprint density at radius 3 is 2.59 bits per heavy atom. The topological polar surface area (TPSA) is 69.7 Å². The fourth-order valence-electron chi connectivity index (χ4n) is 4.50. The van der Waals surface area contributed by atoms with Crippen LogP contribution in [0.1, 0.15) is 38.7 Å². The lowest BCUT2D eigenvalue weighted by molar-refractivity contribution is -0.118. The first-order valence-corrected chi connectivity index (χ1v) is 10.7. The van der Waals surface area contributed by atoms with Gasteiger partial charge in [0.05, 0.1) is 5.69 Å². The van der Waals surface area contributed by atoms with Crippen LogP contribution in [0.15, 0.2) is 66.7 Å². The third-order valence-electron chi connectivity index (χ3n) is 6.38. The molecule has 6 nitrogen and oxygen atoms in total. The summed E-state index contributed by atoms with van der Waals surface area (Å²) in [7, 11) is 0. The van der Waals surface area contributed by atoms with Crippen molar-refractivity contribution < 1.29 is 14.4 Å². The molecule has 0 saturated carbocycles. The van der Waals surface area contributed by atoms with Gasteiger partial charge in [0.1, 0.15) is 6.04 Å². The van der Waals surface area contributed by atoms with Gasteiger partial charge in [0.15, 0.2) is 0 Å². The second-order valence-corrected chi connectivity index (χ2v) is 8.23. The molecule has 1 unspecified atom stereocenters. The van der Waals surface area contributed by atoms with Crippen molar-refractivity contribution in [3.63, 3.8) is 0 Å². The van der Waals surface area contributed by atoms with E-state index in [0.717, 1.165) is 39.3 Å². The highest BCUT2D eigenvalue weighted by Gasteiger charge is 2.41. The summed E-state index contributed by atoms with van der Waals surface area (Å²) < 4.78 is 0. The number of nitrogens with zero attached hydrogens (tertiary/aromatic N) is 2. The molecule has 2 heterocycles. The van der Waals surface area contributed by atoms with E-state index in [1.807, 2.05) is 56.3 Å². The maximum atomic E-state index is 13.2. The molecule has 3 aromatic rings. The fourth-order valence-corrected chi connectivity index (χ4v) is 4.50. The van der Waals surface area contributed by atoms with Crippen molar-refractivity contribution in [2.45, 2.75) is 26.3 Å². The SMILES string of the molecule is Cc1cccc(C2NC(=O)N(c3cccc(C(=O)N4CCc5ccccc54)c3)C2=O)c1C. The molecule has 0 spiro atoms. The number of urea groups is 1. The Morgan fingerprint density at radius 2 is 1.75 bits per heavy atom. The number of hydrogen-bond acceptors (Lipinski definition) is 3. The van der Waals surface area contributed by atoms with Gasteiger partial charge in [-0.1, -0.05) is 42.5 Å². The van der Waals surface area contributed by atoms with Crippen molar-refractivity contribution in [1.82, 2.24) is 5.32 Å². The fraction of sp³-hybridized carbons (Fsp3) is 0.192. The molecular weight excluding hydrogens is 402 g/mol. The molecule has 5 rings (SSSR count). The molecule has 6 heteroatoms. The smallest absolute Gasteiger partial charge is 0.321 e. The van der Waals surface area contributed by atoms with E-state index in [1.165, 1.54) is 0 Å². The Kier molecular flexibility index (Phi) is 4.78. The number of rotatable bonds is 3. The molecule has 2 aliphatic heterocycles. The van der Waals surface area contributed by atoms with Crippen molar-refractivity contribution in [2.24, 2.45) is 0 Å². The molecule has 0 radical (unpaired) electrons. The molecule has 1 atom stereocenters. The van der Waals surface area contributed by atoms with Crippen molar-refractivity contribution in [1.29, 1.82) is 0 Å². The summed E-state index contributed by atoms with van der Waals surface area (Å²) in [5, 5.41) is 2.80. The zero-order valence-corrected chi connectivity index (χ0v) is 18.0.